The summed E-state index contributed by atoms with van der Waals surface area (Å²) in [5.41, 5.74) is 0.530. The van der Waals surface area contributed by atoms with Crippen molar-refractivity contribution in [2.75, 3.05) is 26.8 Å². The van der Waals surface area contributed by atoms with Gasteiger partial charge in [-0.1, -0.05) is 39.3 Å². The van der Waals surface area contributed by atoms with E-state index in [1.807, 2.05) is 10.9 Å². The summed E-state index contributed by atoms with van der Waals surface area (Å²) in [5, 5.41) is 8.47. The van der Waals surface area contributed by atoms with Gasteiger partial charge in [0.25, 0.3) is 0 Å². The van der Waals surface area contributed by atoms with Gasteiger partial charge in [-0.2, -0.15) is 5.10 Å². The maximum Gasteiger partial charge on any atom is 0.0785 e. The Morgan fingerprint density at radius 2 is 1.95 bits per heavy atom. The molecule has 1 rings (SSSR count). The lowest BCUT2D eigenvalue weighted by Gasteiger charge is -2.38. The smallest absolute Gasteiger partial charge is 0.0785 e. The predicted molar refractivity (Wildman–Crippen MR) is 93.4 cm³/mol. The Morgan fingerprint density at radius 1 is 1.27 bits per heavy atom. The topological polar surface area (TPSA) is 39.1 Å². The zero-order valence-corrected chi connectivity index (χ0v) is 15.5. The highest BCUT2D eigenvalue weighted by atomic mass is 35.5. The molecule has 1 aromatic heterocycles. The number of methoxy groups -OCH3 is 1. The fourth-order valence-electron chi connectivity index (χ4n) is 3.01. The van der Waals surface area contributed by atoms with E-state index < -0.39 is 0 Å². The molecule has 1 heterocycles. The van der Waals surface area contributed by atoms with E-state index in [0.29, 0.717) is 5.02 Å². The van der Waals surface area contributed by atoms with Crippen LogP contribution in [-0.4, -0.2) is 36.6 Å². The summed E-state index contributed by atoms with van der Waals surface area (Å²) in [6.45, 7) is 12.8. The molecule has 2 unspecified atom stereocenters. The van der Waals surface area contributed by atoms with Gasteiger partial charge in [-0.3, -0.25) is 4.68 Å². The van der Waals surface area contributed by atoms with Gasteiger partial charge in [-0.15, -0.1) is 0 Å². The molecule has 0 saturated heterocycles. The first kappa shape index (κ1) is 19.5. The molecule has 128 valence electrons. The van der Waals surface area contributed by atoms with Gasteiger partial charge in [0.2, 0.25) is 0 Å². The van der Waals surface area contributed by atoms with E-state index in [4.69, 9.17) is 16.3 Å². The number of rotatable bonds is 11. The normalized spacial score (nSPS) is 17.2. The highest BCUT2D eigenvalue weighted by molar-refractivity contribution is 6.30. The van der Waals surface area contributed by atoms with Crippen molar-refractivity contribution in [2.45, 2.75) is 53.5 Å². The van der Waals surface area contributed by atoms with E-state index in [9.17, 15) is 0 Å². The number of hydrogen-bond donors (Lipinski definition) is 1. The van der Waals surface area contributed by atoms with Crippen LogP contribution in [0.5, 0.6) is 0 Å². The highest BCUT2D eigenvalue weighted by Gasteiger charge is 2.33. The van der Waals surface area contributed by atoms with Crippen molar-refractivity contribution in [2.24, 2.45) is 10.8 Å². The van der Waals surface area contributed by atoms with Gasteiger partial charge in [-0.05, 0) is 30.1 Å². The van der Waals surface area contributed by atoms with Gasteiger partial charge in [-0.25, -0.2) is 0 Å². The number of nitrogens with zero attached hydrogens (tertiary/aromatic N) is 2. The summed E-state index contributed by atoms with van der Waals surface area (Å²) in [7, 11) is 1.80. The summed E-state index contributed by atoms with van der Waals surface area (Å²) < 4.78 is 7.30. The molecule has 0 aromatic carbocycles. The Bertz CT molecular complexity index is 437. The molecule has 0 amide bonds. The quantitative estimate of drug-likeness (QED) is 0.624. The van der Waals surface area contributed by atoms with E-state index in [1.54, 1.807) is 13.3 Å². The lowest BCUT2D eigenvalue weighted by atomic mass is 9.70. The predicted octanol–water partition coefficient (Wildman–Crippen LogP) is 4.00. The Balaban J connectivity index is 2.44. The van der Waals surface area contributed by atoms with Crippen LogP contribution in [0.3, 0.4) is 0 Å². The zero-order valence-electron chi connectivity index (χ0n) is 14.8. The third kappa shape index (κ3) is 6.27. The van der Waals surface area contributed by atoms with E-state index >= 15 is 0 Å². The molecule has 0 saturated carbocycles. The molecule has 4 nitrogen and oxygen atoms in total. The second-order valence-corrected chi connectivity index (χ2v) is 7.47. The van der Waals surface area contributed by atoms with E-state index in [2.05, 4.69) is 38.1 Å². The number of hydrogen-bond acceptors (Lipinski definition) is 3. The summed E-state index contributed by atoms with van der Waals surface area (Å²) >= 11 is 5.87. The maximum absolute atomic E-state index is 5.87. The third-order valence-electron chi connectivity index (χ3n) is 4.72. The molecule has 5 heteroatoms. The number of nitrogens with one attached hydrogen (secondary N) is 1. The van der Waals surface area contributed by atoms with E-state index in [0.717, 1.165) is 39.1 Å². The van der Waals surface area contributed by atoms with Crippen molar-refractivity contribution < 1.29 is 4.74 Å². The Kier molecular flexibility index (Phi) is 7.87. The van der Waals surface area contributed by atoms with Gasteiger partial charge in [0.1, 0.15) is 0 Å². The van der Waals surface area contributed by atoms with Gasteiger partial charge < -0.3 is 10.1 Å². The van der Waals surface area contributed by atoms with Crippen molar-refractivity contribution in [1.82, 2.24) is 15.1 Å². The second-order valence-electron chi connectivity index (χ2n) is 7.04. The minimum atomic E-state index is 0.247. The van der Waals surface area contributed by atoms with Gasteiger partial charge in [0.05, 0.1) is 24.4 Å². The molecule has 22 heavy (non-hydrogen) atoms. The fourth-order valence-corrected chi connectivity index (χ4v) is 3.17. The van der Waals surface area contributed by atoms with Crippen LogP contribution in [0.2, 0.25) is 5.02 Å². The van der Waals surface area contributed by atoms with Crippen LogP contribution in [0, 0.1) is 10.8 Å². The van der Waals surface area contributed by atoms with Gasteiger partial charge in [0, 0.05) is 26.4 Å². The third-order valence-corrected chi connectivity index (χ3v) is 4.92. The average Bonchev–Trinajstić information content (AvgIpc) is 2.89. The molecule has 0 aliphatic rings. The Labute approximate surface area is 140 Å². The van der Waals surface area contributed by atoms with Crippen molar-refractivity contribution in [3.05, 3.63) is 17.4 Å². The summed E-state index contributed by atoms with van der Waals surface area (Å²) in [5.74, 6) is 0. The average molecular weight is 330 g/mol. The lowest BCUT2D eigenvalue weighted by Crippen LogP contribution is -2.38. The van der Waals surface area contributed by atoms with Crippen LogP contribution in [0.25, 0.3) is 0 Å². The van der Waals surface area contributed by atoms with Crippen LogP contribution in [0.4, 0.5) is 0 Å². The lowest BCUT2D eigenvalue weighted by molar-refractivity contribution is 0.0451. The first-order valence-corrected chi connectivity index (χ1v) is 8.62. The molecule has 0 aliphatic carbocycles. The van der Waals surface area contributed by atoms with E-state index in [1.165, 1.54) is 6.42 Å². The van der Waals surface area contributed by atoms with Crippen LogP contribution in [0.1, 0.15) is 47.0 Å². The van der Waals surface area contributed by atoms with E-state index in [-0.39, 0.29) is 10.8 Å². The molecule has 0 fully saturated rings. The number of halogens is 1. The maximum atomic E-state index is 5.87. The molecular formula is C17H32ClN3O. The van der Waals surface area contributed by atoms with Crippen molar-refractivity contribution >= 4 is 11.6 Å². The highest BCUT2D eigenvalue weighted by Crippen LogP contribution is 2.38. The number of aromatic nitrogens is 2. The molecule has 1 N–H and O–H groups in total. The van der Waals surface area contributed by atoms with Gasteiger partial charge in [0.15, 0.2) is 0 Å². The standard InChI is InChI=1S/C17H32ClN3O/c1-6-16(3,12-17(4,7-2)14-22-5)13-19-8-9-21-11-15(18)10-20-21/h10-11,19H,6-9,12-14H2,1-5H3. The van der Waals surface area contributed by atoms with Crippen molar-refractivity contribution in [1.29, 1.82) is 0 Å². The van der Waals surface area contributed by atoms with Crippen LogP contribution in [0.15, 0.2) is 12.4 Å². The first-order chi connectivity index (χ1) is 10.4. The molecule has 0 aliphatic heterocycles. The van der Waals surface area contributed by atoms with Crippen LogP contribution < -0.4 is 5.32 Å². The summed E-state index contributed by atoms with van der Waals surface area (Å²) in [6, 6.07) is 0. The van der Waals surface area contributed by atoms with Crippen LogP contribution in [-0.2, 0) is 11.3 Å². The molecule has 0 bridgehead atoms. The largest absolute Gasteiger partial charge is 0.384 e. The minimum absolute atomic E-state index is 0.247. The molecule has 0 radical (unpaired) electrons. The van der Waals surface area contributed by atoms with Crippen molar-refractivity contribution in [3.8, 4) is 0 Å². The van der Waals surface area contributed by atoms with Crippen molar-refractivity contribution in [3.63, 3.8) is 0 Å². The second kappa shape index (κ2) is 8.90. The molecular weight excluding hydrogens is 298 g/mol. The Hall–Kier alpha value is -0.580. The first-order valence-electron chi connectivity index (χ1n) is 8.24. The summed E-state index contributed by atoms with van der Waals surface area (Å²) in [6.07, 6.45) is 7.00. The fraction of sp³-hybridized carbons (Fsp3) is 0.824. The molecule has 1 aromatic rings. The molecule has 2 atom stereocenters. The SMILES string of the molecule is CCC(C)(CNCCn1cc(Cl)cn1)CC(C)(CC)COC. The summed E-state index contributed by atoms with van der Waals surface area (Å²) in [4.78, 5) is 0. The zero-order chi connectivity index (χ0) is 16.6. The Morgan fingerprint density at radius 3 is 2.45 bits per heavy atom. The molecule has 0 spiro atoms. The minimum Gasteiger partial charge on any atom is -0.384 e. The monoisotopic (exact) mass is 329 g/mol. The number of ether oxygens (including phenoxy) is 1. The van der Waals surface area contributed by atoms with Crippen LogP contribution >= 0.6 is 11.6 Å². The van der Waals surface area contributed by atoms with Gasteiger partial charge >= 0.3 is 0 Å².